The highest BCUT2D eigenvalue weighted by Gasteiger charge is 2.39. The summed E-state index contributed by atoms with van der Waals surface area (Å²) in [5.74, 6) is -1.64. The molecular weight excluding hydrogens is 530 g/mol. The molecule has 0 radical (unpaired) electrons. The number of esters is 1. The Balaban J connectivity index is 2.18. The third kappa shape index (κ3) is 6.99. The van der Waals surface area contributed by atoms with Gasteiger partial charge in [0.2, 0.25) is 5.43 Å². The molecule has 0 unspecified atom stereocenters. The number of anilines is 1. The lowest BCUT2D eigenvalue weighted by molar-refractivity contribution is 0.0522. The molecule has 3 rings (SSSR count). The van der Waals surface area contributed by atoms with Crippen molar-refractivity contribution in [3.63, 3.8) is 0 Å². The van der Waals surface area contributed by atoms with Crippen molar-refractivity contribution in [3.8, 4) is 0 Å². The third-order valence-corrected chi connectivity index (χ3v) is 12.3. The van der Waals surface area contributed by atoms with Gasteiger partial charge in [0.15, 0.2) is 8.32 Å². The van der Waals surface area contributed by atoms with E-state index < -0.39 is 25.5 Å². The fraction of sp³-hybridized carbons (Fsp3) is 0.484. The minimum Gasteiger partial charge on any atom is -0.462 e. The molecule has 0 bridgehead atoms. The summed E-state index contributed by atoms with van der Waals surface area (Å²) in [7, 11) is -2.15. The zero-order chi connectivity index (χ0) is 30.0. The molecule has 0 saturated carbocycles. The Bertz CT molecular complexity index is 1420. The average molecular weight is 573 g/mol. The highest BCUT2D eigenvalue weighted by atomic mass is 28.4. The van der Waals surface area contributed by atoms with E-state index in [0.29, 0.717) is 12.1 Å². The molecule has 1 heterocycles. The van der Waals surface area contributed by atoms with Crippen molar-refractivity contribution in [2.75, 3.05) is 18.5 Å². The third-order valence-electron chi connectivity index (χ3n) is 7.76. The van der Waals surface area contributed by atoms with E-state index in [2.05, 4.69) is 60.0 Å². The van der Waals surface area contributed by atoms with Crippen LogP contribution in [0.25, 0.3) is 10.9 Å². The Kier molecular flexibility index (Phi) is 9.31. The van der Waals surface area contributed by atoms with E-state index in [9.17, 15) is 14.0 Å². The molecule has 1 aromatic heterocycles. The molecule has 0 aliphatic carbocycles. The Labute approximate surface area is 236 Å². The molecule has 0 fully saturated rings. The van der Waals surface area contributed by atoms with Crippen LogP contribution in [-0.4, -0.2) is 32.1 Å². The lowest BCUT2D eigenvalue weighted by Gasteiger charge is -2.40. The summed E-state index contributed by atoms with van der Waals surface area (Å²) in [5.41, 5.74) is 0.188. The molecule has 3 aromatic rings. The number of carbonyl (C=O) groups is 1. The van der Waals surface area contributed by atoms with Gasteiger partial charge in [0.25, 0.3) is 0 Å². The lowest BCUT2D eigenvalue weighted by atomic mass is 9.86. The first-order valence-corrected chi connectivity index (χ1v) is 16.5. The predicted molar refractivity (Wildman–Crippen MR) is 159 cm³/mol. The van der Waals surface area contributed by atoms with Crippen molar-refractivity contribution in [3.05, 3.63) is 75.6 Å². The van der Waals surface area contributed by atoms with Gasteiger partial charge in [0.1, 0.15) is 17.2 Å². The second-order valence-electron chi connectivity index (χ2n) is 12.8. The smallest absolute Gasteiger partial charge is 0.343 e. The van der Waals surface area contributed by atoms with E-state index in [-0.39, 0.29) is 52.1 Å². The quantitative estimate of drug-likeness (QED) is 0.210. The van der Waals surface area contributed by atoms with Gasteiger partial charge in [-0.25, -0.2) is 13.6 Å². The van der Waals surface area contributed by atoms with Gasteiger partial charge in [-0.1, -0.05) is 53.7 Å². The number of hydrogen-bond donors (Lipinski definition) is 1. The molecule has 1 N–H and O–H groups in total. The topological polar surface area (TPSA) is 69.6 Å². The van der Waals surface area contributed by atoms with Gasteiger partial charge in [-0.2, -0.15) is 0 Å². The maximum Gasteiger partial charge on any atom is 0.343 e. The van der Waals surface area contributed by atoms with Crippen LogP contribution in [-0.2, 0) is 15.7 Å². The first-order chi connectivity index (χ1) is 18.5. The highest BCUT2D eigenvalue weighted by molar-refractivity contribution is 6.74. The molecule has 9 heteroatoms. The monoisotopic (exact) mass is 572 g/mol. The summed E-state index contributed by atoms with van der Waals surface area (Å²) in [5, 5.41) is 3.17. The summed E-state index contributed by atoms with van der Waals surface area (Å²) in [6.45, 7) is 19.3. The molecule has 0 amide bonds. The van der Waals surface area contributed by atoms with Crippen molar-refractivity contribution in [2.45, 2.75) is 79.2 Å². The van der Waals surface area contributed by atoms with Crippen LogP contribution in [0.1, 0.15) is 70.4 Å². The SMILES string of the molecule is CCOC(=O)c1cn([C@H](CO[Si](C)(C)C(C)(C)C)C(C)(C)C)c2cc(F)c(NCc3ccc(F)cc3)cc2c1=O. The fourth-order valence-corrected chi connectivity index (χ4v) is 5.18. The number of hydrogen-bond acceptors (Lipinski definition) is 5. The van der Waals surface area contributed by atoms with E-state index in [4.69, 9.17) is 9.16 Å². The molecular formula is C31H42F2N2O4Si. The van der Waals surface area contributed by atoms with Crippen molar-refractivity contribution < 1.29 is 22.7 Å². The Morgan fingerprint density at radius 3 is 2.23 bits per heavy atom. The zero-order valence-electron chi connectivity index (χ0n) is 25.1. The number of aromatic nitrogens is 1. The Morgan fingerprint density at radius 2 is 1.68 bits per heavy atom. The summed E-state index contributed by atoms with van der Waals surface area (Å²) in [4.78, 5) is 26.5. The van der Waals surface area contributed by atoms with Crippen molar-refractivity contribution in [2.24, 2.45) is 5.41 Å². The second kappa shape index (κ2) is 11.8. The minimum atomic E-state index is -2.15. The summed E-state index contributed by atoms with van der Waals surface area (Å²) < 4.78 is 42.4. The number of ether oxygens (including phenoxy) is 1. The zero-order valence-corrected chi connectivity index (χ0v) is 26.1. The van der Waals surface area contributed by atoms with Crippen LogP contribution in [0.3, 0.4) is 0 Å². The van der Waals surface area contributed by atoms with E-state index >= 15 is 4.39 Å². The second-order valence-corrected chi connectivity index (χ2v) is 17.6. The molecule has 2 aromatic carbocycles. The number of nitrogens with zero attached hydrogens (tertiary/aromatic N) is 1. The number of benzene rings is 2. The maximum absolute atomic E-state index is 15.5. The molecule has 1 atom stereocenters. The van der Waals surface area contributed by atoms with E-state index in [1.54, 1.807) is 23.6 Å². The van der Waals surface area contributed by atoms with E-state index in [1.807, 2.05) is 0 Å². The maximum atomic E-state index is 15.5. The van der Waals surface area contributed by atoms with Gasteiger partial charge in [0, 0.05) is 24.2 Å². The molecule has 40 heavy (non-hydrogen) atoms. The summed E-state index contributed by atoms with van der Waals surface area (Å²) in [6.07, 6.45) is 1.48. The van der Waals surface area contributed by atoms with Crippen molar-refractivity contribution in [1.29, 1.82) is 0 Å². The fourth-order valence-electron chi connectivity index (χ4n) is 4.17. The van der Waals surface area contributed by atoms with Crippen LogP contribution >= 0.6 is 0 Å². The van der Waals surface area contributed by atoms with E-state index in [0.717, 1.165) is 5.56 Å². The van der Waals surface area contributed by atoms with Gasteiger partial charge in [-0.05, 0) is 54.2 Å². The van der Waals surface area contributed by atoms with Gasteiger partial charge in [0.05, 0.1) is 30.5 Å². The molecule has 0 spiro atoms. The molecule has 0 aliphatic heterocycles. The molecule has 218 valence electrons. The summed E-state index contributed by atoms with van der Waals surface area (Å²) >= 11 is 0. The van der Waals surface area contributed by atoms with Crippen LogP contribution in [0.4, 0.5) is 14.5 Å². The number of rotatable bonds is 9. The van der Waals surface area contributed by atoms with E-state index in [1.165, 1.54) is 30.5 Å². The van der Waals surface area contributed by atoms with Crippen LogP contribution in [0.5, 0.6) is 0 Å². The number of pyridine rings is 1. The van der Waals surface area contributed by atoms with Crippen LogP contribution in [0.15, 0.2) is 47.4 Å². The largest absolute Gasteiger partial charge is 0.462 e. The average Bonchev–Trinajstić information content (AvgIpc) is 2.84. The Morgan fingerprint density at radius 1 is 1.05 bits per heavy atom. The Hall–Kier alpha value is -3.04. The van der Waals surface area contributed by atoms with Gasteiger partial charge >= 0.3 is 5.97 Å². The first kappa shape index (κ1) is 31.5. The normalized spacial score (nSPS) is 13.4. The standard InChI is InChI=1S/C31H42F2N2O4Si/c1-10-38-29(37)23-18-35(27(30(2,3)4)19-39-40(8,9)31(5,6)7)26-16-24(33)25(15-22(26)28(23)36)34-17-20-11-13-21(32)14-12-20/h11-16,18,27,34H,10,17,19H2,1-9H3/t27-/m1/s1. The van der Waals surface area contributed by atoms with Gasteiger partial charge in [-0.15, -0.1) is 0 Å². The highest BCUT2D eigenvalue weighted by Crippen LogP contribution is 2.40. The minimum absolute atomic E-state index is 0.0195. The molecule has 0 aliphatic rings. The number of nitrogens with one attached hydrogen (secondary N) is 1. The van der Waals surface area contributed by atoms with Crippen molar-refractivity contribution in [1.82, 2.24) is 4.57 Å². The lowest BCUT2D eigenvalue weighted by Crippen LogP contribution is -2.43. The van der Waals surface area contributed by atoms with Crippen molar-refractivity contribution >= 4 is 30.9 Å². The van der Waals surface area contributed by atoms with Crippen LogP contribution < -0.4 is 10.7 Å². The number of halogens is 2. The first-order valence-electron chi connectivity index (χ1n) is 13.6. The van der Waals surface area contributed by atoms with Gasteiger partial charge < -0.3 is 19.0 Å². The van der Waals surface area contributed by atoms with Gasteiger partial charge in [-0.3, -0.25) is 4.79 Å². The van der Waals surface area contributed by atoms with Crippen LogP contribution in [0.2, 0.25) is 18.1 Å². The van der Waals surface area contributed by atoms with Crippen LogP contribution in [0, 0.1) is 17.0 Å². The number of fused-ring (bicyclic) bond motifs is 1. The molecule has 0 saturated heterocycles. The molecule has 6 nitrogen and oxygen atoms in total. The number of carbonyl (C=O) groups excluding carboxylic acids is 1. The summed E-state index contributed by atoms with van der Waals surface area (Å²) in [6, 6.07) is 8.30. The predicted octanol–water partition coefficient (Wildman–Crippen LogP) is 7.68.